The first-order valence-electron chi connectivity index (χ1n) is 5.33. The lowest BCUT2D eigenvalue weighted by atomic mass is 10.2. The van der Waals surface area contributed by atoms with Crippen LogP contribution in [0.5, 0.6) is 0 Å². The van der Waals surface area contributed by atoms with Gasteiger partial charge in [0.2, 0.25) is 0 Å². The summed E-state index contributed by atoms with van der Waals surface area (Å²) in [6.45, 7) is 1.15. The van der Waals surface area contributed by atoms with Crippen molar-refractivity contribution in [3.05, 3.63) is 64.4 Å². The van der Waals surface area contributed by atoms with Gasteiger partial charge in [-0.3, -0.25) is 9.82 Å². The van der Waals surface area contributed by atoms with E-state index in [4.69, 9.17) is 4.84 Å². The third kappa shape index (κ3) is 4.26. The molecular weight excluding hydrogens is 280 g/mol. The van der Waals surface area contributed by atoms with E-state index in [1.54, 1.807) is 6.20 Å². The van der Waals surface area contributed by atoms with Crippen molar-refractivity contribution >= 4 is 15.9 Å². The Morgan fingerprint density at radius 3 is 2.65 bits per heavy atom. The number of hydrogen-bond donors (Lipinski definition) is 1. The van der Waals surface area contributed by atoms with E-state index in [-0.39, 0.29) is 0 Å². The van der Waals surface area contributed by atoms with Crippen LogP contribution in [-0.2, 0) is 18.0 Å². The van der Waals surface area contributed by atoms with Crippen LogP contribution in [0.4, 0.5) is 0 Å². The van der Waals surface area contributed by atoms with Crippen LogP contribution in [0, 0.1) is 0 Å². The van der Waals surface area contributed by atoms with E-state index in [1.807, 2.05) is 42.5 Å². The number of nitrogens with one attached hydrogen (secondary N) is 1. The highest BCUT2D eigenvalue weighted by Gasteiger charge is 1.95. The molecule has 1 aromatic carbocycles. The second-order valence-electron chi connectivity index (χ2n) is 3.56. The highest BCUT2D eigenvalue weighted by atomic mass is 79.9. The maximum Gasteiger partial charge on any atom is 0.0933 e. The Morgan fingerprint density at radius 2 is 1.94 bits per heavy atom. The maximum absolute atomic E-state index is 5.35. The van der Waals surface area contributed by atoms with Gasteiger partial charge in [0.25, 0.3) is 0 Å². The zero-order chi connectivity index (χ0) is 11.9. The van der Waals surface area contributed by atoms with Gasteiger partial charge < -0.3 is 0 Å². The molecule has 4 heteroatoms. The van der Waals surface area contributed by atoms with Crippen LogP contribution in [-0.4, -0.2) is 4.98 Å². The van der Waals surface area contributed by atoms with E-state index >= 15 is 0 Å². The number of rotatable bonds is 5. The summed E-state index contributed by atoms with van der Waals surface area (Å²) in [4.78, 5) is 9.59. The van der Waals surface area contributed by atoms with Crippen LogP contribution in [0.15, 0.2) is 53.1 Å². The molecule has 0 saturated carbocycles. The summed E-state index contributed by atoms with van der Waals surface area (Å²) in [7, 11) is 0. The maximum atomic E-state index is 5.35. The van der Waals surface area contributed by atoms with Gasteiger partial charge in [-0.15, -0.1) is 0 Å². The monoisotopic (exact) mass is 292 g/mol. The molecule has 0 bridgehead atoms. The first-order valence-corrected chi connectivity index (χ1v) is 6.13. The molecule has 88 valence electrons. The van der Waals surface area contributed by atoms with Crippen LogP contribution in [0.2, 0.25) is 0 Å². The minimum atomic E-state index is 0.553. The van der Waals surface area contributed by atoms with Crippen molar-refractivity contribution in [2.45, 2.75) is 13.2 Å². The van der Waals surface area contributed by atoms with Crippen molar-refractivity contribution in [1.82, 2.24) is 10.5 Å². The van der Waals surface area contributed by atoms with E-state index in [2.05, 4.69) is 26.4 Å². The standard InChI is InChI=1S/C13H13BrN2O/c14-12-6-7-13(15-8-12)9-16-17-10-11-4-2-1-3-5-11/h1-8,16H,9-10H2. The van der Waals surface area contributed by atoms with Gasteiger partial charge in [-0.05, 0) is 33.6 Å². The smallest absolute Gasteiger partial charge is 0.0933 e. The number of hydrogen-bond acceptors (Lipinski definition) is 3. The first kappa shape index (κ1) is 12.2. The SMILES string of the molecule is Brc1ccc(CNOCc2ccccc2)nc1. The molecule has 0 radical (unpaired) electrons. The molecule has 2 aromatic rings. The molecule has 1 aromatic heterocycles. The third-order valence-electron chi connectivity index (χ3n) is 2.23. The quantitative estimate of drug-likeness (QED) is 0.679. The molecule has 0 aliphatic heterocycles. The highest BCUT2D eigenvalue weighted by Crippen LogP contribution is 2.07. The number of hydroxylamine groups is 1. The molecule has 3 nitrogen and oxygen atoms in total. The minimum Gasteiger partial charge on any atom is -0.297 e. The topological polar surface area (TPSA) is 34.1 Å². The number of nitrogens with zero attached hydrogens (tertiary/aromatic N) is 1. The van der Waals surface area contributed by atoms with Crippen LogP contribution < -0.4 is 5.48 Å². The molecule has 0 spiro atoms. The van der Waals surface area contributed by atoms with Crippen molar-refractivity contribution in [1.29, 1.82) is 0 Å². The van der Waals surface area contributed by atoms with Crippen molar-refractivity contribution in [3.8, 4) is 0 Å². The molecule has 1 heterocycles. The average Bonchev–Trinajstić information content (AvgIpc) is 2.38. The fraction of sp³-hybridized carbons (Fsp3) is 0.154. The van der Waals surface area contributed by atoms with Gasteiger partial charge in [0.1, 0.15) is 0 Å². The van der Waals surface area contributed by atoms with Crippen molar-refractivity contribution in [2.75, 3.05) is 0 Å². The van der Waals surface area contributed by atoms with Crippen LogP contribution in [0.3, 0.4) is 0 Å². The van der Waals surface area contributed by atoms with Crippen LogP contribution in [0.1, 0.15) is 11.3 Å². The molecule has 0 saturated heterocycles. The van der Waals surface area contributed by atoms with Gasteiger partial charge in [0.05, 0.1) is 18.8 Å². The Morgan fingerprint density at radius 1 is 1.12 bits per heavy atom. The number of aromatic nitrogens is 1. The van der Waals surface area contributed by atoms with Crippen LogP contribution in [0.25, 0.3) is 0 Å². The third-order valence-corrected chi connectivity index (χ3v) is 2.69. The predicted octanol–water partition coefficient (Wildman–Crippen LogP) is 3.07. The molecule has 0 aliphatic rings. The lowest BCUT2D eigenvalue weighted by Gasteiger charge is -2.05. The van der Waals surface area contributed by atoms with E-state index < -0.39 is 0 Å². The summed E-state index contributed by atoms with van der Waals surface area (Å²) in [5, 5.41) is 0. The summed E-state index contributed by atoms with van der Waals surface area (Å²) in [6.07, 6.45) is 1.77. The van der Waals surface area contributed by atoms with Gasteiger partial charge in [0, 0.05) is 10.7 Å². The Kier molecular flexibility index (Phi) is 4.67. The largest absolute Gasteiger partial charge is 0.297 e. The van der Waals surface area contributed by atoms with E-state index in [9.17, 15) is 0 Å². The Balaban J connectivity index is 1.71. The zero-order valence-electron chi connectivity index (χ0n) is 9.27. The summed E-state index contributed by atoms with van der Waals surface area (Å²) in [5.41, 5.74) is 4.98. The van der Waals surface area contributed by atoms with Crippen molar-refractivity contribution < 1.29 is 4.84 Å². The van der Waals surface area contributed by atoms with Crippen molar-refractivity contribution in [2.24, 2.45) is 0 Å². The lowest BCUT2D eigenvalue weighted by Crippen LogP contribution is -2.14. The highest BCUT2D eigenvalue weighted by molar-refractivity contribution is 9.10. The van der Waals surface area contributed by atoms with Gasteiger partial charge in [0.15, 0.2) is 0 Å². The summed E-state index contributed by atoms with van der Waals surface area (Å²) in [5.74, 6) is 0. The number of halogens is 1. The predicted molar refractivity (Wildman–Crippen MR) is 70.0 cm³/mol. The van der Waals surface area contributed by atoms with E-state index in [1.165, 1.54) is 0 Å². The van der Waals surface area contributed by atoms with Crippen LogP contribution >= 0.6 is 15.9 Å². The zero-order valence-corrected chi connectivity index (χ0v) is 10.9. The van der Waals surface area contributed by atoms with Gasteiger partial charge in [-0.25, -0.2) is 0 Å². The number of benzene rings is 1. The minimum absolute atomic E-state index is 0.553. The fourth-order valence-electron chi connectivity index (χ4n) is 1.34. The Hall–Kier alpha value is -1.23. The van der Waals surface area contributed by atoms with E-state index in [0.29, 0.717) is 13.2 Å². The number of pyridine rings is 1. The summed E-state index contributed by atoms with van der Waals surface area (Å²) < 4.78 is 0.978. The molecule has 0 unspecified atom stereocenters. The van der Waals surface area contributed by atoms with Gasteiger partial charge in [-0.2, -0.15) is 5.48 Å². The fourth-order valence-corrected chi connectivity index (χ4v) is 1.58. The molecule has 0 fully saturated rings. The second kappa shape index (κ2) is 6.49. The second-order valence-corrected chi connectivity index (χ2v) is 4.48. The molecule has 17 heavy (non-hydrogen) atoms. The molecular formula is C13H13BrN2O. The molecule has 0 aliphatic carbocycles. The van der Waals surface area contributed by atoms with Gasteiger partial charge >= 0.3 is 0 Å². The lowest BCUT2D eigenvalue weighted by molar-refractivity contribution is 0.0228. The first-order chi connectivity index (χ1) is 8.34. The molecule has 2 rings (SSSR count). The normalized spacial score (nSPS) is 10.4. The Labute approximate surface area is 109 Å². The van der Waals surface area contributed by atoms with Gasteiger partial charge in [-0.1, -0.05) is 30.3 Å². The average molecular weight is 293 g/mol. The summed E-state index contributed by atoms with van der Waals surface area (Å²) in [6, 6.07) is 13.9. The Bertz CT molecular complexity index is 445. The van der Waals surface area contributed by atoms with E-state index in [0.717, 1.165) is 15.7 Å². The summed E-state index contributed by atoms with van der Waals surface area (Å²) >= 11 is 3.34. The molecule has 1 N–H and O–H groups in total. The molecule has 0 amide bonds. The molecule has 0 atom stereocenters. The van der Waals surface area contributed by atoms with Crippen molar-refractivity contribution in [3.63, 3.8) is 0 Å².